The fourth-order valence-corrected chi connectivity index (χ4v) is 6.16. The predicted octanol–water partition coefficient (Wildman–Crippen LogP) is 4.51. The van der Waals surface area contributed by atoms with Crippen LogP contribution in [0.15, 0.2) is 42.5 Å². The Labute approximate surface area is 212 Å². The molecule has 0 spiro atoms. The summed E-state index contributed by atoms with van der Waals surface area (Å²) >= 11 is 0. The molecule has 1 saturated carbocycles. The number of amides is 2. The number of rotatable bonds is 4. The number of pyridine rings is 1. The molecular formula is C28H34N4O4. The topological polar surface area (TPSA) is 75.2 Å². The molecule has 4 heterocycles. The zero-order chi connectivity index (χ0) is 24.5. The van der Waals surface area contributed by atoms with E-state index in [1.165, 1.54) is 0 Å². The van der Waals surface area contributed by atoms with E-state index in [4.69, 9.17) is 14.5 Å². The normalized spacial score (nSPS) is 23.5. The van der Waals surface area contributed by atoms with E-state index in [0.717, 1.165) is 67.6 Å². The van der Waals surface area contributed by atoms with Gasteiger partial charge in [0, 0.05) is 43.8 Å². The van der Waals surface area contributed by atoms with Crippen molar-refractivity contribution in [1.29, 1.82) is 0 Å². The van der Waals surface area contributed by atoms with Gasteiger partial charge in [-0.3, -0.25) is 0 Å². The van der Waals surface area contributed by atoms with Crippen LogP contribution in [0.5, 0.6) is 0 Å². The number of piperazine rings is 1. The Kier molecular flexibility index (Phi) is 6.42. The first-order chi connectivity index (χ1) is 17.6. The Morgan fingerprint density at radius 3 is 2.39 bits per heavy atom. The van der Waals surface area contributed by atoms with E-state index >= 15 is 0 Å². The van der Waals surface area contributed by atoms with Crippen LogP contribution in [0, 0.1) is 0 Å². The largest absolute Gasteiger partial charge is 0.446 e. The lowest BCUT2D eigenvalue weighted by Gasteiger charge is -2.41. The quantitative estimate of drug-likeness (QED) is 0.628. The highest BCUT2D eigenvalue weighted by Crippen LogP contribution is 2.35. The van der Waals surface area contributed by atoms with Gasteiger partial charge in [-0.1, -0.05) is 36.4 Å². The monoisotopic (exact) mass is 490 g/mol. The third kappa shape index (κ3) is 4.73. The van der Waals surface area contributed by atoms with E-state index in [-0.39, 0.29) is 30.4 Å². The van der Waals surface area contributed by atoms with Crippen LogP contribution in [-0.2, 0) is 29.0 Å². The highest BCUT2D eigenvalue weighted by Gasteiger charge is 2.42. The molecule has 3 aliphatic heterocycles. The molecule has 6 rings (SSSR count). The highest BCUT2D eigenvalue weighted by molar-refractivity contribution is 5.69. The van der Waals surface area contributed by atoms with Crippen molar-refractivity contribution in [2.75, 3.05) is 24.5 Å². The van der Waals surface area contributed by atoms with Crippen molar-refractivity contribution in [3.05, 3.63) is 59.3 Å². The molecule has 0 radical (unpaired) electrons. The van der Waals surface area contributed by atoms with Crippen molar-refractivity contribution in [1.82, 2.24) is 14.8 Å². The molecule has 8 nitrogen and oxygen atoms in total. The molecule has 2 saturated heterocycles. The molecule has 2 bridgehead atoms. The molecule has 2 unspecified atom stereocenters. The van der Waals surface area contributed by atoms with Gasteiger partial charge >= 0.3 is 12.2 Å². The summed E-state index contributed by atoms with van der Waals surface area (Å²) in [5.74, 6) is 0.987. The summed E-state index contributed by atoms with van der Waals surface area (Å²) in [6, 6.07) is 14.5. The zero-order valence-corrected chi connectivity index (χ0v) is 20.7. The molecule has 3 fully saturated rings. The molecule has 4 aliphatic rings. The SMILES string of the molecule is O=C(OCc1ccccc1)N1CC2CCC(C1)N2c1ccc2c(n1)CCN(C(=O)OC1CCCC1)C2. The van der Waals surface area contributed by atoms with E-state index in [9.17, 15) is 9.59 Å². The van der Waals surface area contributed by atoms with Gasteiger partial charge in [-0.15, -0.1) is 0 Å². The second kappa shape index (κ2) is 9.99. The summed E-state index contributed by atoms with van der Waals surface area (Å²) < 4.78 is 11.3. The standard InChI is InChI=1S/C28H34N4O4/c33-27(35-19-20-6-2-1-3-7-20)31-17-22-11-12-23(18-31)32(22)26-13-10-21-16-30(15-14-25(21)29-26)28(34)36-24-8-4-5-9-24/h1-3,6-7,10,13,22-24H,4-5,8-9,11-12,14-19H2. The van der Waals surface area contributed by atoms with Crippen LogP contribution in [-0.4, -0.2) is 64.8 Å². The van der Waals surface area contributed by atoms with Crippen LogP contribution in [0.1, 0.15) is 55.3 Å². The van der Waals surface area contributed by atoms with Gasteiger partial charge in [0.15, 0.2) is 0 Å². The van der Waals surface area contributed by atoms with Gasteiger partial charge in [0.25, 0.3) is 0 Å². The van der Waals surface area contributed by atoms with Gasteiger partial charge in [-0.2, -0.15) is 0 Å². The third-order valence-electron chi connectivity index (χ3n) is 8.07. The van der Waals surface area contributed by atoms with E-state index < -0.39 is 0 Å². The number of carbonyl (C=O) groups excluding carboxylic acids is 2. The van der Waals surface area contributed by atoms with Crippen molar-refractivity contribution < 1.29 is 19.1 Å². The first kappa shape index (κ1) is 23.1. The molecule has 1 aromatic heterocycles. The van der Waals surface area contributed by atoms with Crippen LogP contribution < -0.4 is 4.90 Å². The number of hydrogen-bond acceptors (Lipinski definition) is 6. The molecule has 2 aromatic rings. The van der Waals surface area contributed by atoms with Crippen LogP contribution in [0.2, 0.25) is 0 Å². The maximum absolute atomic E-state index is 12.7. The number of ether oxygens (including phenoxy) is 2. The van der Waals surface area contributed by atoms with Crippen LogP contribution in [0.4, 0.5) is 15.4 Å². The van der Waals surface area contributed by atoms with Gasteiger partial charge < -0.3 is 24.2 Å². The Bertz CT molecular complexity index is 1090. The van der Waals surface area contributed by atoms with Crippen molar-refractivity contribution in [2.24, 2.45) is 0 Å². The summed E-state index contributed by atoms with van der Waals surface area (Å²) in [5.41, 5.74) is 3.17. The number of aromatic nitrogens is 1. The minimum atomic E-state index is -0.238. The average Bonchev–Trinajstić information content (AvgIpc) is 3.52. The average molecular weight is 491 g/mol. The second-order valence-corrected chi connectivity index (χ2v) is 10.5. The zero-order valence-electron chi connectivity index (χ0n) is 20.7. The molecule has 2 amide bonds. The highest BCUT2D eigenvalue weighted by atomic mass is 16.6. The van der Waals surface area contributed by atoms with Crippen LogP contribution in [0.3, 0.4) is 0 Å². The lowest BCUT2D eigenvalue weighted by molar-refractivity contribution is 0.0616. The summed E-state index contributed by atoms with van der Waals surface area (Å²) in [5, 5.41) is 0. The smallest absolute Gasteiger partial charge is 0.410 e. The minimum Gasteiger partial charge on any atom is -0.446 e. The lowest BCUT2D eigenvalue weighted by atomic mass is 10.1. The predicted molar refractivity (Wildman–Crippen MR) is 135 cm³/mol. The summed E-state index contributed by atoms with van der Waals surface area (Å²) in [4.78, 5) is 36.5. The lowest BCUT2D eigenvalue weighted by Crippen LogP contribution is -2.56. The number of fused-ring (bicyclic) bond motifs is 3. The Balaban J connectivity index is 1.07. The van der Waals surface area contributed by atoms with E-state index in [1.54, 1.807) is 0 Å². The van der Waals surface area contributed by atoms with E-state index in [2.05, 4.69) is 17.0 Å². The number of hydrogen-bond donors (Lipinski definition) is 0. The van der Waals surface area contributed by atoms with Gasteiger partial charge in [0.1, 0.15) is 18.5 Å². The van der Waals surface area contributed by atoms with Crippen molar-refractivity contribution >= 4 is 18.0 Å². The number of anilines is 1. The number of likely N-dealkylation sites (tertiary alicyclic amines) is 1. The molecule has 2 atom stereocenters. The summed E-state index contributed by atoms with van der Waals surface area (Å²) in [6.07, 6.45) is 6.77. The molecular weight excluding hydrogens is 456 g/mol. The number of nitrogens with zero attached hydrogens (tertiary/aromatic N) is 4. The Hall–Kier alpha value is -3.29. The number of benzene rings is 1. The first-order valence-corrected chi connectivity index (χ1v) is 13.3. The summed E-state index contributed by atoms with van der Waals surface area (Å²) in [7, 11) is 0. The van der Waals surface area contributed by atoms with Crippen LogP contribution >= 0.6 is 0 Å². The third-order valence-corrected chi connectivity index (χ3v) is 8.07. The fraction of sp³-hybridized carbons (Fsp3) is 0.536. The van der Waals surface area contributed by atoms with E-state index in [0.29, 0.717) is 32.8 Å². The molecule has 1 aliphatic carbocycles. The molecule has 1 aromatic carbocycles. The fourth-order valence-electron chi connectivity index (χ4n) is 6.16. The maximum atomic E-state index is 12.7. The molecule has 8 heteroatoms. The van der Waals surface area contributed by atoms with Gasteiger partial charge in [-0.05, 0) is 55.7 Å². The van der Waals surface area contributed by atoms with Crippen LogP contribution in [0.25, 0.3) is 0 Å². The molecule has 36 heavy (non-hydrogen) atoms. The maximum Gasteiger partial charge on any atom is 0.410 e. The van der Waals surface area contributed by atoms with Gasteiger partial charge in [-0.25, -0.2) is 14.6 Å². The minimum absolute atomic E-state index is 0.0872. The van der Waals surface area contributed by atoms with Crippen molar-refractivity contribution in [3.63, 3.8) is 0 Å². The van der Waals surface area contributed by atoms with Crippen molar-refractivity contribution in [2.45, 2.75) is 76.3 Å². The van der Waals surface area contributed by atoms with Crippen molar-refractivity contribution in [3.8, 4) is 0 Å². The Morgan fingerprint density at radius 2 is 1.64 bits per heavy atom. The molecule has 0 N–H and O–H groups in total. The molecule has 190 valence electrons. The van der Waals surface area contributed by atoms with Gasteiger partial charge in [0.05, 0.1) is 6.54 Å². The first-order valence-electron chi connectivity index (χ1n) is 13.3. The van der Waals surface area contributed by atoms with E-state index in [1.807, 2.05) is 40.1 Å². The summed E-state index contributed by atoms with van der Waals surface area (Å²) in [6.45, 7) is 2.81. The van der Waals surface area contributed by atoms with Gasteiger partial charge in [0.2, 0.25) is 0 Å². The Morgan fingerprint density at radius 1 is 0.889 bits per heavy atom. The number of carbonyl (C=O) groups is 2. The second-order valence-electron chi connectivity index (χ2n) is 10.5.